The summed E-state index contributed by atoms with van der Waals surface area (Å²) in [6, 6.07) is 15.5. The van der Waals surface area contributed by atoms with E-state index in [1.165, 1.54) is 11.1 Å². The molecule has 1 saturated heterocycles. The highest BCUT2D eigenvalue weighted by Gasteiger charge is 2.40. The van der Waals surface area contributed by atoms with E-state index in [9.17, 15) is 19.5 Å². The Hall–Kier alpha value is -3.35. The van der Waals surface area contributed by atoms with Gasteiger partial charge >= 0.3 is 12.1 Å². The van der Waals surface area contributed by atoms with Crippen molar-refractivity contribution >= 4 is 18.0 Å². The molecule has 0 spiro atoms. The Kier molecular flexibility index (Phi) is 6.50. The van der Waals surface area contributed by atoms with Crippen LogP contribution in [0.3, 0.4) is 0 Å². The number of carboxylic acid groups (broad SMARTS) is 1. The number of fused-ring (bicyclic) bond motifs is 3. The predicted molar refractivity (Wildman–Crippen MR) is 131 cm³/mol. The van der Waals surface area contributed by atoms with E-state index in [2.05, 4.69) is 29.6 Å². The molecule has 1 saturated carbocycles. The zero-order valence-electron chi connectivity index (χ0n) is 20.0. The minimum atomic E-state index is -0.934. The number of ether oxygens (including phenoxy) is 1. The number of carbonyl (C=O) groups excluding carboxylic acids is 2. The van der Waals surface area contributed by atoms with E-state index < -0.39 is 18.1 Å². The van der Waals surface area contributed by atoms with E-state index in [0.717, 1.165) is 17.5 Å². The predicted octanol–water partition coefficient (Wildman–Crippen LogP) is 4.41. The lowest BCUT2D eigenvalue weighted by atomic mass is 9.91. The van der Waals surface area contributed by atoms with Crippen LogP contribution in [0.1, 0.15) is 56.1 Å². The number of aliphatic carboxylic acids is 1. The van der Waals surface area contributed by atoms with E-state index in [1.807, 2.05) is 31.2 Å². The van der Waals surface area contributed by atoms with E-state index in [1.54, 1.807) is 4.90 Å². The van der Waals surface area contributed by atoms with E-state index in [0.29, 0.717) is 38.1 Å². The first-order valence-corrected chi connectivity index (χ1v) is 12.6. The number of hydrogen-bond donors (Lipinski definition) is 2. The number of carbonyl (C=O) groups is 3. The fourth-order valence-electron chi connectivity index (χ4n) is 6.02. The minimum absolute atomic E-state index is 0.000463. The van der Waals surface area contributed by atoms with Crippen LogP contribution in [0.2, 0.25) is 0 Å². The molecule has 2 amide bonds. The average molecular weight is 477 g/mol. The number of benzene rings is 2. The number of piperidine rings is 1. The number of alkyl carbamates (subject to hydrolysis) is 1. The van der Waals surface area contributed by atoms with E-state index in [-0.39, 0.29) is 30.4 Å². The molecule has 2 aromatic carbocycles. The van der Waals surface area contributed by atoms with Crippen molar-refractivity contribution in [2.45, 2.75) is 57.0 Å². The van der Waals surface area contributed by atoms with Gasteiger partial charge in [0.05, 0.1) is 0 Å². The smallest absolute Gasteiger partial charge is 0.407 e. The van der Waals surface area contributed by atoms with Crippen LogP contribution in [-0.2, 0) is 14.3 Å². The standard InChI is InChI=1S/C28H32N2O5/c1-17-12-13-30(25(14-17)27(32)33)26(31)18-10-11-19(15-18)29-28(34)35-16-24-22-8-4-2-6-20(22)21-7-3-5-9-23(21)24/h2-9,17-19,24-25H,10-16H2,1H3,(H,29,34)(H,32,33)/t17?,18-,19+,25?/m0/s1. The highest BCUT2D eigenvalue weighted by atomic mass is 16.5. The highest BCUT2D eigenvalue weighted by molar-refractivity contribution is 5.85. The third-order valence-electron chi connectivity index (χ3n) is 7.88. The molecule has 3 aliphatic rings. The first kappa shape index (κ1) is 23.4. The molecule has 0 aromatic heterocycles. The summed E-state index contributed by atoms with van der Waals surface area (Å²) < 4.78 is 5.65. The fraction of sp³-hybridized carbons (Fsp3) is 0.464. The lowest BCUT2D eigenvalue weighted by Gasteiger charge is -2.37. The van der Waals surface area contributed by atoms with Gasteiger partial charge in [0.15, 0.2) is 0 Å². The topological polar surface area (TPSA) is 95.9 Å². The zero-order valence-corrected chi connectivity index (χ0v) is 20.0. The van der Waals surface area contributed by atoms with Crippen molar-refractivity contribution in [3.05, 3.63) is 59.7 Å². The molecule has 184 valence electrons. The number of nitrogens with one attached hydrogen (secondary N) is 1. The largest absolute Gasteiger partial charge is 0.480 e. The third-order valence-corrected chi connectivity index (χ3v) is 7.88. The molecule has 2 aromatic rings. The van der Waals surface area contributed by atoms with Gasteiger partial charge in [0.1, 0.15) is 12.6 Å². The van der Waals surface area contributed by atoms with Gasteiger partial charge in [0, 0.05) is 24.4 Å². The molecule has 7 nitrogen and oxygen atoms in total. The second-order valence-corrected chi connectivity index (χ2v) is 10.2. The Morgan fingerprint density at radius 3 is 2.29 bits per heavy atom. The first-order chi connectivity index (χ1) is 16.9. The molecule has 0 radical (unpaired) electrons. The average Bonchev–Trinajstić information content (AvgIpc) is 3.45. The molecule has 7 heteroatoms. The van der Waals surface area contributed by atoms with Gasteiger partial charge in [-0.2, -0.15) is 0 Å². The maximum Gasteiger partial charge on any atom is 0.407 e. The molecular formula is C28H32N2O5. The number of carboxylic acids is 1. The molecule has 5 rings (SSSR count). The number of hydrogen-bond acceptors (Lipinski definition) is 4. The van der Waals surface area contributed by atoms with Crippen molar-refractivity contribution in [3.63, 3.8) is 0 Å². The monoisotopic (exact) mass is 476 g/mol. The summed E-state index contributed by atoms with van der Waals surface area (Å²) in [6.45, 7) is 2.76. The summed E-state index contributed by atoms with van der Waals surface area (Å²) in [5.74, 6) is -0.992. The van der Waals surface area contributed by atoms with Gasteiger partial charge < -0.3 is 20.1 Å². The van der Waals surface area contributed by atoms with Gasteiger partial charge in [0.2, 0.25) is 5.91 Å². The summed E-state index contributed by atoms with van der Waals surface area (Å²) >= 11 is 0. The van der Waals surface area contributed by atoms with Crippen LogP contribution in [0.5, 0.6) is 0 Å². The lowest BCUT2D eigenvalue weighted by molar-refractivity contribution is -0.154. The SMILES string of the molecule is CC1CCN(C(=O)[C@H]2CC[C@@H](NC(=O)OCC3c4ccccc4-c4ccccc43)C2)C(C(=O)O)C1. The fourth-order valence-corrected chi connectivity index (χ4v) is 6.02. The van der Waals surface area contributed by atoms with Gasteiger partial charge in [-0.1, -0.05) is 55.5 Å². The molecule has 4 atom stereocenters. The molecule has 2 aliphatic carbocycles. The van der Waals surface area contributed by atoms with Gasteiger partial charge in [-0.3, -0.25) is 4.79 Å². The van der Waals surface area contributed by atoms with Gasteiger partial charge in [-0.15, -0.1) is 0 Å². The lowest BCUT2D eigenvalue weighted by Crippen LogP contribution is -2.51. The van der Waals surface area contributed by atoms with Crippen molar-refractivity contribution in [1.29, 1.82) is 0 Å². The van der Waals surface area contributed by atoms with Crippen LogP contribution >= 0.6 is 0 Å². The maximum absolute atomic E-state index is 13.1. The first-order valence-electron chi connectivity index (χ1n) is 12.6. The van der Waals surface area contributed by atoms with Crippen molar-refractivity contribution in [1.82, 2.24) is 10.2 Å². The van der Waals surface area contributed by atoms with Gasteiger partial charge in [0.25, 0.3) is 0 Å². The third kappa shape index (κ3) is 4.64. The number of nitrogens with zero attached hydrogens (tertiary/aromatic N) is 1. The van der Waals surface area contributed by atoms with Crippen molar-refractivity contribution in [3.8, 4) is 11.1 Å². The normalized spacial score (nSPS) is 25.6. The molecule has 2 N–H and O–H groups in total. The Morgan fingerprint density at radius 2 is 1.63 bits per heavy atom. The van der Waals surface area contributed by atoms with Crippen molar-refractivity contribution in [2.75, 3.05) is 13.2 Å². The summed E-state index contributed by atoms with van der Waals surface area (Å²) in [5.41, 5.74) is 4.69. The van der Waals surface area contributed by atoms with Crippen LogP contribution in [0.15, 0.2) is 48.5 Å². The van der Waals surface area contributed by atoms with Crippen LogP contribution in [0, 0.1) is 11.8 Å². The summed E-state index contributed by atoms with van der Waals surface area (Å²) in [7, 11) is 0. The number of likely N-dealkylation sites (tertiary alicyclic amines) is 1. The minimum Gasteiger partial charge on any atom is -0.480 e. The molecule has 0 bridgehead atoms. The van der Waals surface area contributed by atoms with Crippen LogP contribution in [0.25, 0.3) is 11.1 Å². The Bertz CT molecular complexity index is 1090. The molecule has 2 fully saturated rings. The van der Waals surface area contributed by atoms with E-state index >= 15 is 0 Å². The summed E-state index contributed by atoms with van der Waals surface area (Å²) in [5, 5.41) is 12.5. The highest BCUT2D eigenvalue weighted by Crippen LogP contribution is 2.44. The Labute approximate surface area is 205 Å². The summed E-state index contributed by atoms with van der Waals surface area (Å²) in [4.78, 5) is 39.0. The molecular weight excluding hydrogens is 444 g/mol. The summed E-state index contributed by atoms with van der Waals surface area (Å²) in [6.07, 6.45) is 2.69. The number of rotatable bonds is 5. The van der Waals surface area contributed by atoms with Gasteiger partial charge in [-0.05, 0) is 60.3 Å². The number of amides is 2. The second-order valence-electron chi connectivity index (χ2n) is 10.2. The quantitative estimate of drug-likeness (QED) is 0.667. The van der Waals surface area contributed by atoms with Crippen LogP contribution in [0.4, 0.5) is 4.79 Å². The van der Waals surface area contributed by atoms with Crippen LogP contribution < -0.4 is 5.32 Å². The van der Waals surface area contributed by atoms with Gasteiger partial charge in [-0.25, -0.2) is 9.59 Å². The molecule has 1 aliphatic heterocycles. The second kappa shape index (κ2) is 9.72. The van der Waals surface area contributed by atoms with Crippen LogP contribution in [-0.4, -0.2) is 53.2 Å². The van der Waals surface area contributed by atoms with Crippen molar-refractivity contribution < 1.29 is 24.2 Å². The van der Waals surface area contributed by atoms with Crippen molar-refractivity contribution in [2.24, 2.45) is 11.8 Å². The molecule has 1 heterocycles. The molecule has 2 unspecified atom stereocenters. The maximum atomic E-state index is 13.1. The molecule has 35 heavy (non-hydrogen) atoms. The van der Waals surface area contributed by atoms with E-state index in [4.69, 9.17) is 4.74 Å². The zero-order chi connectivity index (χ0) is 24.5. The Morgan fingerprint density at radius 1 is 0.971 bits per heavy atom. The Balaban J connectivity index is 1.16.